The topological polar surface area (TPSA) is 79.9 Å². The number of aromatic amines is 1. The van der Waals surface area contributed by atoms with Crippen LogP contribution in [0, 0.1) is 0 Å². The molecule has 1 aliphatic rings. The molecule has 2 N–H and O–H groups in total. The van der Waals surface area contributed by atoms with Crippen LogP contribution in [0.4, 0.5) is 5.13 Å². The van der Waals surface area contributed by atoms with E-state index in [0.29, 0.717) is 5.75 Å². The number of thioether (sulfide) groups is 1. The van der Waals surface area contributed by atoms with Crippen LogP contribution in [0.5, 0.6) is 0 Å². The lowest BCUT2D eigenvalue weighted by Crippen LogP contribution is -2.18. The van der Waals surface area contributed by atoms with Crippen LogP contribution in [0.25, 0.3) is 10.9 Å². The molecule has 3 aromatic rings. The number of carbonyl (C=O) groups excluding carboxylic acids is 1. The van der Waals surface area contributed by atoms with Crippen molar-refractivity contribution in [3.8, 4) is 0 Å². The highest BCUT2D eigenvalue weighted by molar-refractivity contribution is 8.01. The number of para-hydroxylation sites is 1. The summed E-state index contributed by atoms with van der Waals surface area (Å²) < 4.78 is 6.39. The van der Waals surface area contributed by atoms with E-state index in [1.165, 1.54) is 28.7 Å². The van der Waals surface area contributed by atoms with Crippen LogP contribution >= 0.6 is 23.1 Å². The zero-order chi connectivity index (χ0) is 18.6. The van der Waals surface area contributed by atoms with Gasteiger partial charge in [-0.05, 0) is 24.8 Å². The third kappa shape index (κ3) is 4.17. The molecule has 6 nitrogen and oxygen atoms in total. The van der Waals surface area contributed by atoms with Crippen LogP contribution < -0.4 is 5.32 Å². The predicted molar refractivity (Wildman–Crippen MR) is 110 cm³/mol. The minimum Gasteiger partial charge on any atom is -0.376 e. The van der Waals surface area contributed by atoms with E-state index < -0.39 is 0 Å². The smallest absolute Gasteiger partial charge is 0.206 e. The maximum absolute atomic E-state index is 12.7. The Bertz CT molecular complexity index is 931. The lowest BCUT2D eigenvalue weighted by atomic mass is 10.1. The maximum Gasteiger partial charge on any atom is 0.206 e. The van der Waals surface area contributed by atoms with Crippen LogP contribution in [0.15, 0.2) is 28.7 Å². The zero-order valence-electron chi connectivity index (χ0n) is 15.2. The summed E-state index contributed by atoms with van der Waals surface area (Å²) in [4.78, 5) is 15.9. The van der Waals surface area contributed by atoms with Crippen molar-refractivity contribution in [2.24, 2.45) is 0 Å². The van der Waals surface area contributed by atoms with Gasteiger partial charge in [-0.15, -0.1) is 10.2 Å². The van der Waals surface area contributed by atoms with E-state index >= 15 is 0 Å². The second-order valence-corrected chi connectivity index (χ2v) is 8.70. The molecular formula is C19H22N4O2S2. The number of Topliss-reactive ketones (excluding diaryl/α,β-unsaturated/α-hetero) is 1. The molecule has 4 rings (SSSR count). The van der Waals surface area contributed by atoms with Crippen molar-refractivity contribution >= 4 is 44.9 Å². The van der Waals surface area contributed by atoms with Gasteiger partial charge in [0.25, 0.3) is 0 Å². The highest BCUT2D eigenvalue weighted by Gasteiger charge is 2.17. The predicted octanol–water partition coefficient (Wildman–Crippen LogP) is 4.15. The van der Waals surface area contributed by atoms with E-state index in [1.54, 1.807) is 0 Å². The van der Waals surface area contributed by atoms with Crippen LogP contribution in [0.1, 0.15) is 35.7 Å². The number of aryl methyl sites for hydroxylation is 1. The summed E-state index contributed by atoms with van der Waals surface area (Å²) in [6.45, 7) is 3.72. The van der Waals surface area contributed by atoms with Gasteiger partial charge in [-0.3, -0.25) is 4.79 Å². The third-order valence-corrected chi connectivity index (χ3v) is 6.74. The summed E-state index contributed by atoms with van der Waals surface area (Å²) >= 11 is 2.91. The molecule has 0 unspecified atom stereocenters. The van der Waals surface area contributed by atoms with Gasteiger partial charge in [0.2, 0.25) is 5.13 Å². The van der Waals surface area contributed by atoms with E-state index in [1.807, 2.05) is 18.3 Å². The first-order valence-electron chi connectivity index (χ1n) is 9.18. The molecule has 1 saturated heterocycles. The number of hydrogen-bond donors (Lipinski definition) is 2. The van der Waals surface area contributed by atoms with Crippen molar-refractivity contribution < 1.29 is 9.53 Å². The standard InChI is InChI=1S/C19H22N4O2S2/c1-2-12-5-3-7-14-15(10-20-17(12)14)16(24)11-26-19-23-22-18(27-19)21-9-13-6-4-8-25-13/h3,5,7,10,13,20H,2,4,6,8-9,11H2,1H3,(H,21,22)/t13-/m0/s1. The average molecular weight is 403 g/mol. The molecule has 3 heterocycles. The Morgan fingerprint density at radius 2 is 2.37 bits per heavy atom. The Hall–Kier alpha value is -1.90. The van der Waals surface area contributed by atoms with Gasteiger partial charge in [-0.1, -0.05) is 48.2 Å². The summed E-state index contributed by atoms with van der Waals surface area (Å²) in [6, 6.07) is 6.10. The fourth-order valence-electron chi connectivity index (χ4n) is 3.29. The molecule has 0 radical (unpaired) electrons. The van der Waals surface area contributed by atoms with E-state index in [2.05, 4.69) is 33.5 Å². The van der Waals surface area contributed by atoms with Gasteiger partial charge < -0.3 is 15.0 Å². The van der Waals surface area contributed by atoms with E-state index in [-0.39, 0.29) is 11.9 Å². The first-order valence-corrected chi connectivity index (χ1v) is 11.0. The second-order valence-electron chi connectivity index (χ2n) is 6.50. The summed E-state index contributed by atoms with van der Waals surface area (Å²) in [6.07, 6.45) is 5.24. The Labute approximate surface area is 166 Å². The molecule has 1 aliphatic heterocycles. The molecular weight excluding hydrogens is 380 g/mol. The van der Waals surface area contributed by atoms with Crippen molar-refractivity contribution in [2.45, 2.75) is 36.6 Å². The fourth-order valence-corrected chi connectivity index (χ4v) is 4.94. The van der Waals surface area contributed by atoms with Crippen LogP contribution in [0.3, 0.4) is 0 Å². The van der Waals surface area contributed by atoms with Gasteiger partial charge in [0.15, 0.2) is 10.1 Å². The molecule has 2 aromatic heterocycles. The number of nitrogens with zero attached hydrogens (tertiary/aromatic N) is 2. The zero-order valence-corrected chi connectivity index (χ0v) is 16.8. The number of aromatic nitrogens is 3. The van der Waals surface area contributed by atoms with E-state index in [0.717, 1.165) is 58.4 Å². The number of anilines is 1. The number of hydrogen-bond acceptors (Lipinski definition) is 7. The van der Waals surface area contributed by atoms with E-state index in [4.69, 9.17) is 4.74 Å². The molecule has 0 amide bonds. The van der Waals surface area contributed by atoms with Crippen LogP contribution in [-0.4, -0.2) is 46.0 Å². The summed E-state index contributed by atoms with van der Waals surface area (Å²) in [5, 5.41) is 13.4. The van der Waals surface area contributed by atoms with E-state index in [9.17, 15) is 4.79 Å². The number of rotatable bonds is 8. The number of ketones is 1. The Balaban J connectivity index is 1.35. The molecule has 27 heavy (non-hydrogen) atoms. The third-order valence-electron chi connectivity index (χ3n) is 4.72. The monoisotopic (exact) mass is 402 g/mol. The van der Waals surface area contributed by atoms with Crippen LogP contribution in [-0.2, 0) is 11.2 Å². The minimum absolute atomic E-state index is 0.101. The molecule has 0 bridgehead atoms. The summed E-state index contributed by atoms with van der Waals surface area (Å²) in [7, 11) is 0. The number of nitrogens with one attached hydrogen (secondary N) is 2. The fraction of sp³-hybridized carbons (Fsp3) is 0.421. The Morgan fingerprint density at radius 3 is 3.19 bits per heavy atom. The number of ether oxygens (including phenoxy) is 1. The Morgan fingerprint density at radius 1 is 1.44 bits per heavy atom. The highest BCUT2D eigenvalue weighted by Crippen LogP contribution is 2.28. The minimum atomic E-state index is 0.101. The number of fused-ring (bicyclic) bond motifs is 1. The molecule has 1 atom stereocenters. The SMILES string of the molecule is CCc1cccc2c(C(=O)CSc3nnc(NC[C@@H]4CCCO4)s3)c[nH]c12. The highest BCUT2D eigenvalue weighted by atomic mass is 32.2. The van der Waals surface area contributed by atoms with Gasteiger partial charge in [0.05, 0.1) is 11.9 Å². The molecule has 0 aliphatic carbocycles. The van der Waals surface area contributed by atoms with Crippen molar-refractivity contribution in [3.05, 3.63) is 35.5 Å². The average Bonchev–Trinajstić information content (AvgIpc) is 3.44. The summed E-state index contributed by atoms with van der Waals surface area (Å²) in [5.74, 6) is 0.451. The van der Waals surface area contributed by atoms with Gasteiger partial charge in [0.1, 0.15) is 0 Å². The lowest BCUT2D eigenvalue weighted by Gasteiger charge is -2.08. The normalized spacial score (nSPS) is 16.9. The molecule has 0 spiro atoms. The van der Waals surface area contributed by atoms with Crippen molar-refractivity contribution in [2.75, 3.05) is 24.2 Å². The van der Waals surface area contributed by atoms with Gasteiger partial charge >= 0.3 is 0 Å². The molecule has 142 valence electrons. The van der Waals surface area contributed by atoms with Crippen molar-refractivity contribution in [1.29, 1.82) is 0 Å². The quantitative estimate of drug-likeness (QED) is 0.435. The van der Waals surface area contributed by atoms with Crippen molar-refractivity contribution in [3.63, 3.8) is 0 Å². The molecule has 1 aromatic carbocycles. The van der Waals surface area contributed by atoms with Crippen molar-refractivity contribution in [1.82, 2.24) is 15.2 Å². The molecule has 1 fully saturated rings. The van der Waals surface area contributed by atoms with Gasteiger partial charge in [-0.2, -0.15) is 0 Å². The first-order chi connectivity index (χ1) is 13.2. The maximum atomic E-state index is 12.7. The van der Waals surface area contributed by atoms with Gasteiger partial charge in [0, 0.05) is 35.8 Å². The lowest BCUT2D eigenvalue weighted by molar-refractivity contribution is 0.102. The van der Waals surface area contributed by atoms with Crippen LogP contribution in [0.2, 0.25) is 0 Å². The Kier molecular flexibility index (Phi) is 5.75. The van der Waals surface area contributed by atoms with Gasteiger partial charge in [-0.25, -0.2) is 0 Å². The molecule has 8 heteroatoms. The number of benzene rings is 1. The first kappa shape index (κ1) is 18.5. The molecule has 0 saturated carbocycles. The largest absolute Gasteiger partial charge is 0.376 e. The number of H-pyrrole nitrogens is 1. The summed E-state index contributed by atoms with van der Waals surface area (Å²) in [5.41, 5.74) is 3.03. The second kappa shape index (κ2) is 8.41. The number of carbonyl (C=O) groups is 1.